The Balaban J connectivity index is 2.29. The van der Waals surface area contributed by atoms with Crippen LogP contribution in [0, 0.1) is 11.6 Å². The Hall–Kier alpha value is -1.00. The smallest absolute Gasteiger partial charge is 0.130 e. The molecule has 2 N–H and O–H groups in total. The number of piperidine rings is 1. The van der Waals surface area contributed by atoms with E-state index in [0.717, 1.165) is 25.8 Å². The second-order valence-electron chi connectivity index (χ2n) is 5.47. The van der Waals surface area contributed by atoms with Crippen LogP contribution in [-0.2, 0) is 0 Å². The average molecular weight is 268 g/mol. The number of hydrogen-bond acceptors (Lipinski definition) is 2. The van der Waals surface area contributed by atoms with Gasteiger partial charge in [-0.1, -0.05) is 12.5 Å². The van der Waals surface area contributed by atoms with Crippen molar-refractivity contribution < 1.29 is 8.78 Å². The monoisotopic (exact) mass is 268 g/mol. The number of nitrogens with zero attached hydrogens (tertiary/aromatic N) is 1. The molecule has 1 fully saturated rings. The fraction of sp³-hybridized carbons (Fsp3) is 0.600. The highest BCUT2D eigenvalue weighted by Gasteiger charge is 2.31. The summed E-state index contributed by atoms with van der Waals surface area (Å²) in [5.41, 5.74) is 6.18. The highest BCUT2D eigenvalue weighted by molar-refractivity contribution is 5.23. The maximum atomic E-state index is 13.9. The molecule has 0 aromatic heterocycles. The summed E-state index contributed by atoms with van der Waals surface area (Å²) in [5, 5.41) is 0. The van der Waals surface area contributed by atoms with E-state index < -0.39 is 11.6 Å². The lowest BCUT2D eigenvalue weighted by atomic mass is 9.93. The van der Waals surface area contributed by atoms with Gasteiger partial charge in [0, 0.05) is 23.7 Å². The summed E-state index contributed by atoms with van der Waals surface area (Å²) >= 11 is 0. The first-order chi connectivity index (χ1) is 9.02. The van der Waals surface area contributed by atoms with Crippen LogP contribution in [0.5, 0.6) is 0 Å². The zero-order valence-electron chi connectivity index (χ0n) is 11.6. The van der Waals surface area contributed by atoms with Crippen molar-refractivity contribution in [1.29, 1.82) is 0 Å². The van der Waals surface area contributed by atoms with Crippen molar-refractivity contribution in [2.45, 2.75) is 51.2 Å². The molecule has 0 spiro atoms. The minimum absolute atomic E-state index is 0.0117. The molecule has 3 atom stereocenters. The molecule has 1 heterocycles. The van der Waals surface area contributed by atoms with E-state index in [-0.39, 0.29) is 23.7 Å². The molecule has 0 saturated carbocycles. The predicted molar refractivity (Wildman–Crippen MR) is 72.8 cm³/mol. The number of nitrogens with two attached hydrogens (primary N) is 1. The van der Waals surface area contributed by atoms with Crippen LogP contribution in [0.1, 0.15) is 44.7 Å². The number of hydrogen-bond donors (Lipinski definition) is 1. The quantitative estimate of drug-likeness (QED) is 0.912. The maximum Gasteiger partial charge on any atom is 0.130 e. The van der Waals surface area contributed by atoms with E-state index in [9.17, 15) is 8.78 Å². The first-order valence-corrected chi connectivity index (χ1v) is 6.97. The summed E-state index contributed by atoms with van der Waals surface area (Å²) in [7, 11) is 0. The molecule has 19 heavy (non-hydrogen) atoms. The van der Waals surface area contributed by atoms with Crippen molar-refractivity contribution in [3.63, 3.8) is 0 Å². The van der Waals surface area contributed by atoms with Gasteiger partial charge in [0.05, 0.1) is 0 Å². The van der Waals surface area contributed by atoms with E-state index in [4.69, 9.17) is 5.73 Å². The van der Waals surface area contributed by atoms with Crippen molar-refractivity contribution in [1.82, 2.24) is 4.90 Å². The molecule has 1 saturated heterocycles. The Bertz CT molecular complexity index is 414. The highest BCUT2D eigenvalue weighted by atomic mass is 19.1. The fourth-order valence-electron chi connectivity index (χ4n) is 3.10. The molecule has 106 valence electrons. The summed E-state index contributed by atoms with van der Waals surface area (Å²) in [6.45, 7) is 4.68. The van der Waals surface area contributed by atoms with Gasteiger partial charge in [0.15, 0.2) is 0 Å². The lowest BCUT2D eigenvalue weighted by molar-refractivity contribution is 0.0854. The van der Waals surface area contributed by atoms with Crippen LogP contribution in [0.15, 0.2) is 18.2 Å². The van der Waals surface area contributed by atoms with E-state index in [2.05, 4.69) is 4.90 Å². The largest absolute Gasteiger partial charge is 0.327 e. The van der Waals surface area contributed by atoms with Gasteiger partial charge in [-0.2, -0.15) is 0 Å². The van der Waals surface area contributed by atoms with E-state index in [1.807, 2.05) is 13.8 Å². The number of likely N-dealkylation sites (tertiary alicyclic amines) is 1. The molecule has 0 bridgehead atoms. The summed E-state index contributed by atoms with van der Waals surface area (Å²) in [5.74, 6) is -0.942. The van der Waals surface area contributed by atoms with Gasteiger partial charge in [-0.25, -0.2) is 8.78 Å². The van der Waals surface area contributed by atoms with E-state index in [1.54, 1.807) is 0 Å². The van der Waals surface area contributed by atoms with E-state index in [1.165, 1.54) is 18.2 Å². The molecule has 0 amide bonds. The second-order valence-corrected chi connectivity index (χ2v) is 5.47. The van der Waals surface area contributed by atoms with Gasteiger partial charge in [0.1, 0.15) is 11.6 Å². The normalized spacial score (nSPS) is 24.2. The predicted octanol–water partition coefficient (Wildman–Crippen LogP) is 3.23. The van der Waals surface area contributed by atoms with Gasteiger partial charge in [0.25, 0.3) is 0 Å². The summed E-state index contributed by atoms with van der Waals surface area (Å²) < 4.78 is 27.8. The third kappa shape index (κ3) is 2.95. The number of halogens is 2. The SMILES string of the molecule is CC(N)C1CCCCN1C(C)c1c(F)cccc1F. The molecule has 0 aliphatic carbocycles. The lowest BCUT2D eigenvalue weighted by Crippen LogP contribution is -2.50. The molecule has 4 heteroatoms. The molecule has 3 unspecified atom stereocenters. The molecule has 1 aliphatic heterocycles. The maximum absolute atomic E-state index is 13.9. The van der Waals surface area contributed by atoms with Crippen molar-refractivity contribution in [3.8, 4) is 0 Å². The van der Waals surface area contributed by atoms with Crippen LogP contribution < -0.4 is 5.73 Å². The van der Waals surface area contributed by atoms with Crippen LogP contribution >= 0.6 is 0 Å². The van der Waals surface area contributed by atoms with Gasteiger partial charge >= 0.3 is 0 Å². The molecular formula is C15H22F2N2. The Morgan fingerprint density at radius 2 is 1.84 bits per heavy atom. The van der Waals surface area contributed by atoms with Crippen molar-refractivity contribution in [3.05, 3.63) is 35.4 Å². The summed E-state index contributed by atoms with van der Waals surface area (Å²) in [6, 6.07) is 3.97. The molecule has 1 aromatic rings. The topological polar surface area (TPSA) is 29.3 Å². The van der Waals surface area contributed by atoms with Gasteiger partial charge in [-0.05, 0) is 45.4 Å². The summed E-state index contributed by atoms with van der Waals surface area (Å²) in [4.78, 5) is 2.15. The van der Waals surface area contributed by atoms with Crippen LogP contribution in [0.4, 0.5) is 8.78 Å². The third-order valence-corrected chi connectivity index (χ3v) is 4.11. The van der Waals surface area contributed by atoms with Gasteiger partial charge in [-0.15, -0.1) is 0 Å². The van der Waals surface area contributed by atoms with Crippen LogP contribution in [0.2, 0.25) is 0 Å². The van der Waals surface area contributed by atoms with Crippen LogP contribution in [0.25, 0.3) is 0 Å². The molecule has 0 radical (unpaired) electrons. The molecule has 2 nitrogen and oxygen atoms in total. The van der Waals surface area contributed by atoms with Crippen molar-refractivity contribution in [2.75, 3.05) is 6.54 Å². The molecule has 2 rings (SSSR count). The van der Waals surface area contributed by atoms with Gasteiger partial charge in [-0.3, -0.25) is 4.90 Å². The first-order valence-electron chi connectivity index (χ1n) is 6.97. The zero-order valence-corrected chi connectivity index (χ0v) is 11.6. The molecular weight excluding hydrogens is 246 g/mol. The van der Waals surface area contributed by atoms with Gasteiger partial charge < -0.3 is 5.73 Å². The Morgan fingerprint density at radius 1 is 1.21 bits per heavy atom. The third-order valence-electron chi connectivity index (χ3n) is 4.11. The summed E-state index contributed by atoms with van der Waals surface area (Å²) in [6.07, 6.45) is 3.19. The molecule has 1 aliphatic rings. The Kier molecular flexibility index (Phi) is 4.53. The molecule has 1 aromatic carbocycles. The Labute approximate surface area is 113 Å². The van der Waals surface area contributed by atoms with E-state index in [0.29, 0.717) is 0 Å². The zero-order chi connectivity index (χ0) is 14.0. The second kappa shape index (κ2) is 5.97. The first kappa shape index (κ1) is 14.4. The Morgan fingerprint density at radius 3 is 2.42 bits per heavy atom. The number of benzene rings is 1. The standard InChI is InChI=1S/C15H22F2N2/c1-10(18)14-8-3-4-9-19(14)11(2)15-12(16)6-5-7-13(15)17/h5-7,10-11,14H,3-4,8-9,18H2,1-2H3. The minimum atomic E-state index is -0.471. The van der Waals surface area contributed by atoms with Crippen molar-refractivity contribution >= 4 is 0 Å². The lowest BCUT2D eigenvalue weighted by Gasteiger charge is -2.42. The average Bonchev–Trinajstić information content (AvgIpc) is 2.38. The minimum Gasteiger partial charge on any atom is -0.327 e. The van der Waals surface area contributed by atoms with Crippen molar-refractivity contribution in [2.24, 2.45) is 5.73 Å². The van der Waals surface area contributed by atoms with E-state index >= 15 is 0 Å². The highest BCUT2D eigenvalue weighted by Crippen LogP contribution is 2.32. The van der Waals surface area contributed by atoms with Crippen LogP contribution in [0.3, 0.4) is 0 Å². The van der Waals surface area contributed by atoms with Crippen LogP contribution in [-0.4, -0.2) is 23.5 Å². The van der Waals surface area contributed by atoms with Gasteiger partial charge in [0.2, 0.25) is 0 Å². The fourth-order valence-corrected chi connectivity index (χ4v) is 3.10. The number of rotatable bonds is 3.